The molecule has 0 unspecified atom stereocenters. The third-order valence-electron chi connectivity index (χ3n) is 5.19. The van der Waals surface area contributed by atoms with Crippen molar-refractivity contribution in [3.05, 3.63) is 101 Å². The number of carbonyl (C=O) groups is 2. The maximum absolute atomic E-state index is 13.1. The van der Waals surface area contributed by atoms with Gasteiger partial charge in [-0.25, -0.2) is 4.39 Å². The number of hydrogen-bond donors (Lipinski definition) is 1. The lowest BCUT2D eigenvalue weighted by molar-refractivity contribution is -0.117. The van der Waals surface area contributed by atoms with Crippen molar-refractivity contribution >= 4 is 17.5 Å². The number of halogens is 1. The highest BCUT2D eigenvalue weighted by molar-refractivity contribution is 5.99. The Bertz CT molecular complexity index is 1050. The van der Waals surface area contributed by atoms with E-state index in [1.807, 2.05) is 55.5 Å². The van der Waals surface area contributed by atoms with Crippen molar-refractivity contribution in [2.24, 2.45) is 0 Å². The van der Waals surface area contributed by atoms with Crippen LogP contribution < -0.4 is 5.32 Å². The van der Waals surface area contributed by atoms with Crippen LogP contribution in [0.4, 0.5) is 10.1 Å². The molecule has 0 bridgehead atoms. The van der Waals surface area contributed by atoms with Gasteiger partial charge in [0, 0.05) is 17.8 Å². The maximum atomic E-state index is 13.1. The van der Waals surface area contributed by atoms with Crippen molar-refractivity contribution in [1.82, 2.24) is 4.90 Å². The summed E-state index contributed by atoms with van der Waals surface area (Å²) in [5.41, 5.74) is 4.19. The lowest BCUT2D eigenvalue weighted by Gasteiger charge is -2.28. The molecule has 4 rings (SSSR count). The molecule has 1 aliphatic rings. The Labute approximate surface area is 169 Å². The molecule has 0 saturated carbocycles. The molecule has 0 fully saturated rings. The number of amides is 2. The first-order valence-corrected chi connectivity index (χ1v) is 9.52. The van der Waals surface area contributed by atoms with Crippen LogP contribution in [0.2, 0.25) is 0 Å². The van der Waals surface area contributed by atoms with Crippen LogP contribution in [0.3, 0.4) is 0 Å². The zero-order chi connectivity index (χ0) is 20.4. The number of anilines is 1. The first-order valence-electron chi connectivity index (χ1n) is 9.52. The zero-order valence-electron chi connectivity index (χ0n) is 16.1. The van der Waals surface area contributed by atoms with Gasteiger partial charge < -0.3 is 10.2 Å². The second-order valence-electron chi connectivity index (χ2n) is 7.28. The molecule has 146 valence electrons. The van der Waals surface area contributed by atoms with E-state index in [0.29, 0.717) is 17.8 Å². The monoisotopic (exact) mass is 388 g/mol. The number of hydrogen-bond acceptors (Lipinski definition) is 2. The Morgan fingerprint density at radius 1 is 1.03 bits per heavy atom. The van der Waals surface area contributed by atoms with E-state index in [1.165, 1.54) is 24.3 Å². The van der Waals surface area contributed by atoms with E-state index >= 15 is 0 Å². The average molecular weight is 388 g/mol. The Balaban J connectivity index is 1.59. The minimum Gasteiger partial charge on any atom is -0.327 e. The van der Waals surface area contributed by atoms with Gasteiger partial charge in [-0.1, -0.05) is 48.0 Å². The highest BCUT2D eigenvalue weighted by Crippen LogP contribution is 2.33. The molecule has 1 N–H and O–H groups in total. The third-order valence-corrected chi connectivity index (χ3v) is 5.19. The molecule has 5 heteroatoms. The van der Waals surface area contributed by atoms with Crippen molar-refractivity contribution in [2.45, 2.75) is 25.9 Å². The molecule has 29 heavy (non-hydrogen) atoms. The summed E-state index contributed by atoms with van der Waals surface area (Å²) in [5, 5.41) is 2.80. The third kappa shape index (κ3) is 4.04. The van der Waals surface area contributed by atoms with Crippen LogP contribution >= 0.6 is 0 Å². The lowest BCUT2D eigenvalue weighted by atomic mass is 10.00. The van der Waals surface area contributed by atoms with Crippen LogP contribution in [0.5, 0.6) is 0 Å². The number of rotatable bonds is 5. The molecule has 4 nitrogen and oxygen atoms in total. The van der Waals surface area contributed by atoms with Crippen LogP contribution in [-0.2, 0) is 11.3 Å². The van der Waals surface area contributed by atoms with Gasteiger partial charge in [0.2, 0.25) is 5.91 Å². The fourth-order valence-corrected chi connectivity index (χ4v) is 3.65. The van der Waals surface area contributed by atoms with E-state index in [2.05, 4.69) is 5.32 Å². The number of nitrogens with zero attached hydrogens (tertiary/aromatic N) is 1. The minimum atomic E-state index is -0.393. The fraction of sp³-hybridized carbons (Fsp3) is 0.167. The molecular formula is C24H21FN2O2. The molecule has 2 amide bonds. The van der Waals surface area contributed by atoms with Gasteiger partial charge in [-0.05, 0) is 48.4 Å². The highest BCUT2D eigenvalue weighted by atomic mass is 19.1. The zero-order valence-corrected chi connectivity index (χ0v) is 16.1. The molecule has 1 atom stereocenters. The molecule has 1 heterocycles. The van der Waals surface area contributed by atoms with Crippen molar-refractivity contribution in [2.75, 3.05) is 5.32 Å². The van der Waals surface area contributed by atoms with E-state index in [1.54, 1.807) is 4.90 Å². The molecule has 0 aromatic heterocycles. The van der Waals surface area contributed by atoms with Crippen LogP contribution in [0.1, 0.15) is 39.5 Å². The Morgan fingerprint density at radius 3 is 2.41 bits per heavy atom. The second-order valence-corrected chi connectivity index (χ2v) is 7.28. The summed E-state index contributed by atoms with van der Waals surface area (Å²) in [4.78, 5) is 27.5. The number of aryl methyl sites for hydroxylation is 1. The van der Waals surface area contributed by atoms with Gasteiger partial charge in [-0.15, -0.1) is 0 Å². The minimum absolute atomic E-state index is 0.0687. The summed E-state index contributed by atoms with van der Waals surface area (Å²) in [7, 11) is 0. The smallest absolute Gasteiger partial charge is 0.255 e. The standard InChI is InChI=1S/C24H21FN2O2/c1-16-6-8-17(9-7-16)22(14-23(28)26-20-12-10-19(25)11-13-20)27-15-18-4-2-3-5-21(18)24(27)29/h2-13,22H,14-15H2,1H3,(H,26,28)/t22-/m1/s1. The molecule has 0 radical (unpaired) electrons. The maximum Gasteiger partial charge on any atom is 0.255 e. The number of benzene rings is 3. The van der Waals surface area contributed by atoms with Gasteiger partial charge in [-0.3, -0.25) is 9.59 Å². The van der Waals surface area contributed by atoms with Gasteiger partial charge in [0.15, 0.2) is 0 Å². The topological polar surface area (TPSA) is 49.4 Å². The Morgan fingerprint density at radius 2 is 1.72 bits per heavy atom. The van der Waals surface area contributed by atoms with Crippen molar-refractivity contribution in [3.8, 4) is 0 Å². The molecule has 1 aliphatic heterocycles. The number of nitrogens with one attached hydrogen (secondary N) is 1. The highest BCUT2D eigenvalue weighted by Gasteiger charge is 2.34. The first kappa shape index (κ1) is 18.9. The molecule has 0 saturated heterocycles. The predicted molar refractivity (Wildman–Crippen MR) is 110 cm³/mol. The normalized spacial score (nSPS) is 13.9. The second kappa shape index (κ2) is 7.87. The Kier molecular flexibility index (Phi) is 5.12. The number of fused-ring (bicyclic) bond motifs is 1. The van der Waals surface area contributed by atoms with Gasteiger partial charge in [0.25, 0.3) is 5.91 Å². The lowest BCUT2D eigenvalue weighted by Crippen LogP contribution is -2.32. The van der Waals surface area contributed by atoms with Gasteiger partial charge in [0.05, 0.1) is 12.5 Å². The number of carbonyl (C=O) groups excluding carboxylic acids is 2. The van der Waals surface area contributed by atoms with Crippen LogP contribution in [-0.4, -0.2) is 16.7 Å². The molecule has 0 aliphatic carbocycles. The molecular weight excluding hydrogens is 367 g/mol. The first-order chi connectivity index (χ1) is 14.0. The summed E-state index contributed by atoms with van der Waals surface area (Å²) < 4.78 is 13.1. The summed E-state index contributed by atoms with van der Waals surface area (Å²) in [6, 6.07) is 20.7. The summed E-state index contributed by atoms with van der Waals surface area (Å²) in [6.07, 6.45) is 0.111. The predicted octanol–water partition coefficient (Wildman–Crippen LogP) is 4.86. The quantitative estimate of drug-likeness (QED) is 0.679. The van der Waals surface area contributed by atoms with Crippen molar-refractivity contribution < 1.29 is 14.0 Å². The Hall–Kier alpha value is -3.47. The SMILES string of the molecule is Cc1ccc([C@@H](CC(=O)Nc2ccc(F)cc2)N2Cc3ccccc3C2=O)cc1. The fourth-order valence-electron chi connectivity index (χ4n) is 3.65. The van der Waals surface area contributed by atoms with Crippen molar-refractivity contribution in [3.63, 3.8) is 0 Å². The van der Waals surface area contributed by atoms with Gasteiger partial charge in [0.1, 0.15) is 5.82 Å². The molecule has 0 spiro atoms. The van der Waals surface area contributed by atoms with Gasteiger partial charge >= 0.3 is 0 Å². The molecule has 3 aromatic rings. The van der Waals surface area contributed by atoms with Crippen LogP contribution in [0, 0.1) is 12.7 Å². The summed E-state index contributed by atoms with van der Waals surface area (Å²) in [5.74, 6) is -0.660. The average Bonchev–Trinajstić information content (AvgIpc) is 3.05. The van der Waals surface area contributed by atoms with E-state index in [9.17, 15) is 14.0 Å². The van der Waals surface area contributed by atoms with E-state index in [0.717, 1.165) is 16.7 Å². The summed E-state index contributed by atoms with van der Waals surface area (Å²) in [6.45, 7) is 2.47. The van der Waals surface area contributed by atoms with Crippen LogP contribution in [0.25, 0.3) is 0 Å². The van der Waals surface area contributed by atoms with E-state index in [4.69, 9.17) is 0 Å². The largest absolute Gasteiger partial charge is 0.327 e. The van der Waals surface area contributed by atoms with Crippen LogP contribution in [0.15, 0.2) is 72.8 Å². The molecule has 3 aromatic carbocycles. The summed E-state index contributed by atoms with van der Waals surface area (Å²) >= 11 is 0. The van der Waals surface area contributed by atoms with E-state index in [-0.39, 0.29) is 24.1 Å². The van der Waals surface area contributed by atoms with E-state index < -0.39 is 6.04 Å². The van der Waals surface area contributed by atoms with Gasteiger partial charge in [-0.2, -0.15) is 0 Å². The van der Waals surface area contributed by atoms with Crippen molar-refractivity contribution in [1.29, 1.82) is 0 Å².